The third-order valence-electron chi connectivity index (χ3n) is 5.16. The molecule has 1 fully saturated rings. The molecule has 2 aromatic carbocycles. The van der Waals surface area contributed by atoms with Gasteiger partial charge >= 0.3 is 5.97 Å². The molecule has 0 N–H and O–H groups in total. The Morgan fingerprint density at radius 2 is 1.72 bits per heavy atom. The van der Waals surface area contributed by atoms with Gasteiger partial charge in [-0.2, -0.15) is 5.26 Å². The van der Waals surface area contributed by atoms with Crippen molar-refractivity contribution in [3.8, 4) is 6.07 Å². The molecule has 2 aliphatic rings. The molecule has 4 rings (SSSR count). The topological polar surface area (TPSA) is 87.5 Å². The van der Waals surface area contributed by atoms with E-state index in [-0.39, 0.29) is 18.4 Å². The van der Waals surface area contributed by atoms with Crippen LogP contribution in [0.3, 0.4) is 0 Å². The van der Waals surface area contributed by atoms with Crippen LogP contribution in [0.15, 0.2) is 67.3 Å². The zero-order valence-corrected chi connectivity index (χ0v) is 15.4. The first-order valence-corrected chi connectivity index (χ1v) is 9.04. The van der Waals surface area contributed by atoms with Crippen LogP contribution in [-0.2, 0) is 19.8 Å². The van der Waals surface area contributed by atoms with E-state index < -0.39 is 23.2 Å². The van der Waals surface area contributed by atoms with E-state index in [1.165, 1.54) is 12.1 Å². The van der Waals surface area contributed by atoms with Gasteiger partial charge in [0.15, 0.2) is 0 Å². The Morgan fingerprint density at radius 1 is 1.07 bits per heavy atom. The summed E-state index contributed by atoms with van der Waals surface area (Å²) in [6, 6.07) is 16.3. The van der Waals surface area contributed by atoms with Gasteiger partial charge < -0.3 is 4.84 Å². The monoisotopic (exact) mass is 384 g/mol. The smallest absolute Gasteiger partial charge is 0.325 e. The molecule has 1 unspecified atom stereocenters. The minimum Gasteiger partial charge on any atom is -0.325 e. The van der Waals surface area contributed by atoms with Crippen LogP contribution >= 0.6 is 0 Å². The van der Waals surface area contributed by atoms with Crippen LogP contribution < -0.4 is 0 Å². The zero-order chi connectivity index (χ0) is 20.6. The minimum absolute atomic E-state index is 0.0345. The third-order valence-corrected chi connectivity index (χ3v) is 5.16. The predicted molar refractivity (Wildman–Crippen MR) is 104 cm³/mol. The van der Waals surface area contributed by atoms with E-state index in [0.717, 1.165) is 16.7 Å². The maximum absolute atomic E-state index is 12.3. The number of hydrogen-bond donors (Lipinski definition) is 0. The normalized spacial score (nSPS) is 20.4. The van der Waals surface area contributed by atoms with Crippen LogP contribution in [0, 0.1) is 11.3 Å². The zero-order valence-electron chi connectivity index (χ0n) is 15.4. The fraction of sp³-hybridized carbons (Fsp3) is 0.130. The molecule has 0 bridgehead atoms. The van der Waals surface area contributed by atoms with Gasteiger partial charge in [0, 0.05) is 12.8 Å². The standard InChI is InChI=1S/C23H16N2O4/c1-15-12-13-23(14-24,19-5-3-2-4-18(15)19)17-8-6-16(7-9-17)22(28)29-25-20(26)10-11-21(25)27/h2-9,12-13H,1,10-11H2. The Kier molecular flexibility index (Phi) is 4.36. The summed E-state index contributed by atoms with van der Waals surface area (Å²) in [5.41, 5.74) is 2.38. The van der Waals surface area contributed by atoms with Gasteiger partial charge in [-0.25, -0.2) is 4.79 Å². The van der Waals surface area contributed by atoms with Crippen LogP contribution in [0.4, 0.5) is 0 Å². The summed E-state index contributed by atoms with van der Waals surface area (Å²) in [5, 5.41) is 10.6. The van der Waals surface area contributed by atoms with Gasteiger partial charge in [0.1, 0.15) is 5.41 Å². The van der Waals surface area contributed by atoms with Crippen LogP contribution in [-0.4, -0.2) is 22.8 Å². The molecular weight excluding hydrogens is 368 g/mol. The number of nitriles is 1. The van der Waals surface area contributed by atoms with E-state index in [1.807, 2.05) is 30.3 Å². The van der Waals surface area contributed by atoms with Crippen LogP contribution in [0.25, 0.3) is 5.57 Å². The highest BCUT2D eigenvalue weighted by Crippen LogP contribution is 2.41. The van der Waals surface area contributed by atoms with Crippen LogP contribution in [0.2, 0.25) is 0 Å². The molecule has 1 atom stereocenters. The molecule has 2 amide bonds. The lowest BCUT2D eigenvalue weighted by Gasteiger charge is -2.30. The number of benzene rings is 2. The maximum Gasteiger partial charge on any atom is 0.363 e. The number of nitrogens with zero attached hydrogens (tertiary/aromatic N) is 2. The summed E-state index contributed by atoms with van der Waals surface area (Å²) >= 11 is 0. The number of hydroxylamine groups is 2. The van der Waals surface area contributed by atoms with Gasteiger partial charge in [0.05, 0.1) is 11.6 Å². The molecule has 6 nitrogen and oxygen atoms in total. The van der Waals surface area contributed by atoms with Crippen molar-refractivity contribution in [3.63, 3.8) is 0 Å². The lowest BCUT2D eigenvalue weighted by atomic mass is 9.70. The predicted octanol–water partition coefficient (Wildman–Crippen LogP) is 3.30. The van der Waals surface area contributed by atoms with Crippen molar-refractivity contribution in [2.45, 2.75) is 18.3 Å². The van der Waals surface area contributed by atoms with Crippen molar-refractivity contribution in [3.05, 3.63) is 89.5 Å². The SMILES string of the molecule is C=C1C=CC(C#N)(c2ccc(C(=O)ON3C(=O)CCC3=O)cc2)c2ccccc21. The molecule has 1 aliphatic heterocycles. The number of amides is 2. The molecule has 29 heavy (non-hydrogen) atoms. The van der Waals surface area contributed by atoms with E-state index >= 15 is 0 Å². The lowest BCUT2D eigenvalue weighted by Crippen LogP contribution is -2.32. The van der Waals surface area contributed by atoms with Gasteiger partial charge in [0.2, 0.25) is 0 Å². The second kappa shape index (κ2) is 6.88. The van der Waals surface area contributed by atoms with Crippen molar-refractivity contribution in [1.29, 1.82) is 5.26 Å². The number of carbonyl (C=O) groups is 3. The van der Waals surface area contributed by atoms with Crippen LogP contribution in [0.1, 0.15) is 39.9 Å². The summed E-state index contributed by atoms with van der Waals surface area (Å²) in [6.45, 7) is 4.03. The summed E-state index contributed by atoms with van der Waals surface area (Å²) in [7, 11) is 0. The number of allylic oxidation sites excluding steroid dienone is 3. The van der Waals surface area contributed by atoms with E-state index in [2.05, 4.69) is 12.6 Å². The van der Waals surface area contributed by atoms with Crippen molar-refractivity contribution >= 4 is 23.4 Å². The summed E-state index contributed by atoms with van der Waals surface area (Å²) < 4.78 is 0. The van der Waals surface area contributed by atoms with Crippen LogP contribution in [0.5, 0.6) is 0 Å². The highest BCUT2D eigenvalue weighted by Gasteiger charge is 2.37. The first-order valence-electron chi connectivity index (χ1n) is 9.04. The fourth-order valence-corrected chi connectivity index (χ4v) is 3.59. The van der Waals surface area contributed by atoms with Gasteiger partial charge in [-0.05, 0) is 34.4 Å². The average molecular weight is 384 g/mol. The lowest BCUT2D eigenvalue weighted by molar-refractivity contribution is -0.172. The molecule has 2 aromatic rings. The van der Waals surface area contributed by atoms with Crippen molar-refractivity contribution in [2.24, 2.45) is 0 Å². The Labute approximate surface area is 167 Å². The highest BCUT2D eigenvalue weighted by molar-refractivity contribution is 6.02. The second-order valence-corrected chi connectivity index (χ2v) is 6.86. The number of hydrogen-bond acceptors (Lipinski definition) is 5. The van der Waals surface area contributed by atoms with E-state index in [0.29, 0.717) is 10.6 Å². The van der Waals surface area contributed by atoms with E-state index in [4.69, 9.17) is 4.84 Å². The first kappa shape index (κ1) is 18.4. The summed E-state index contributed by atoms with van der Waals surface area (Å²) in [4.78, 5) is 40.5. The maximum atomic E-state index is 12.3. The molecule has 1 heterocycles. The Morgan fingerprint density at radius 3 is 2.38 bits per heavy atom. The Hall–Kier alpha value is -3.98. The molecule has 1 saturated heterocycles. The minimum atomic E-state index is -1.01. The molecule has 6 heteroatoms. The average Bonchev–Trinajstić information content (AvgIpc) is 3.07. The molecule has 1 aliphatic carbocycles. The quantitative estimate of drug-likeness (QED) is 0.758. The second-order valence-electron chi connectivity index (χ2n) is 6.86. The largest absolute Gasteiger partial charge is 0.363 e. The molecule has 0 radical (unpaired) electrons. The van der Waals surface area contributed by atoms with Crippen molar-refractivity contribution < 1.29 is 19.2 Å². The Bertz CT molecular complexity index is 1110. The van der Waals surface area contributed by atoms with Gasteiger partial charge in [-0.15, -0.1) is 5.06 Å². The van der Waals surface area contributed by atoms with Gasteiger partial charge in [-0.1, -0.05) is 55.1 Å². The van der Waals surface area contributed by atoms with E-state index in [9.17, 15) is 19.6 Å². The molecular formula is C23H16N2O4. The molecule has 0 saturated carbocycles. The number of imide groups is 1. The highest BCUT2D eigenvalue weighted by atomic mass is 16.7. The van der Waals surface area contributed by atoms with Crippen molar-refractivity contribution in [2.75, 3.05) is 0 Å². The van der Waals surface area contributed by atoms with Crippen molar-refractivity contribution in [1.82, 2.24) is 5.06 Å². The van der Waals surface area contributed by atoms with Gasteiger partial charge in [0.25, 0.3) is 11.8 Å². The van der Waals surface area contributed by atoms with Gasteiger partial charge in [-0.3, -0.25) is 9.59 Å². The number of rotatable bonds is 3. The first-order chi connectivity index (χ1) is 14.0. The molecule has 0 spiro atoms. The molecule has 142 valence electrons. The number of fused-ring (bicyclic) bond motifs is 1. The summed E-state index contributed by atoms with van der Waals surface area (Å²) in [6.07, 6.45) is 3.68. The number of carbonyl (C=O) groups excluding carboxylic acids is 3. The molecule has 0 aromatic heterocycles. The fourth-order valence-electron chi connectivity index (χ4n) is 3.59. The van der Waals surface area contributed by atoms with E-state index in [1.54, 1.807) is 18.2 Å². The third kappa shape index (κ3) is 2.93. The summed E-state index contributed by atoms with van der Waals surface area (Å²) in [5.74, 6) is -1.88. The Balaban J connectivity index is 1.65.